The first-order valence-electron chi connectivity index (χ1n) is 18.2. The van der Waals surface area contributed by atoms with Gasteiger partial charge in [-0.3, -0.25) is 9.98 Å². The van der Waals surface area contributed by atoms with Gasteiger partial charge < -0.3 is 0 Å². The van der Waals surface area contributed by atoms with Crippen LogP contribution in [0.25, 0.3) is 0 Å². The van der Waals surface area contributed by atoms with Gasteiger partial charge in [0.05, 0.1) is 12.1 Å². The van der Waals surface area contributed by atoms with E-state index >= 15 is 0 Å². The Morgan fingerprint density at radius 3 is 1.20 bits per heavy atom. The normalized spacial score (nSPS) is 42.2. The maximum atomic E-state index is 5.31. The Morgan fingerprint density at radius 2 is 0.841 bits per heavy atom. The first-order valence-corrected chi connectivity index (χ1v) is 19.8. The molecular formula is C40H50N2S2. The topological polar surface area (TPSA) is 24.7 Å². The van der Waals surface area contributed by atoms with E-state index < -0.39 is 0 Å². The minimum atomic E-state index is 0.292. The molecule has 0 heterocycles. The Hall–Kier alpha value is -1.52. The largest absolute Gasteiger partial charge is 0.287 e. The molecule has 2 aromatic carbocycles. The standard InChI is InChI=1S/C40H50N2S2/c1-5-11-37(43-39-19-27-13-28(20-39)15-29(14-27)21-39)33(7-1)25-41-35-9-3-4-10-36(35)42-26-34-8-2-6-12-38(34)44-40-22-30-16-31(23-40)18-32(17-30)24-40/h1-2,5-8,11-12,25-32,35-36H,3-4,9-10,13-24H2/t27?,28?,29?,30?,31?,32?,35-,36-,39?,40?/m1/s1. The van der Waals surface area contributed by atoms with Gasteiger partial charge in [0.1, 0.15) is 0 Å². The molecule has 11 rings (SSSR count). The number of hydrogen-bond acceptors (Lipinski definition) is 4. The third-order valence-electron chi connectivity index (χ3n) is 13.0. The first-order chi connectivity index (χ1) is 21.6. The minimum absolute atomic E-state index is 0.292. The molecule has 232 valence electrons. The average molecular weight is 623 g/mol. The van der Waals surface area contributed by atoms with E-state index in [9.17, 15) is 0 Å². The van der Waals surface area contributed by atoms with Crippen LogP contribution in [0.1, 0.15) is 114 Å². The molecule has 0 aliphatic heterocycles. The fourth-order valence-corrected chi connectivity index (χ4v) is 15.5. The second-order valence-electron chi connectivity index (χ2n) is 16.5. The van der Waals surface area contributed by atoms with Gasteiger partial charge in [0, 0.05) is 42.8 Å². The zero-order valence-corrected chi connectivity index (χ0v) is 28.0. The lowest BCUT2D eigenvalue weighted by Crippen LogP contribution is -2.48. The van der Waals surface area contributed by atoms with Crippen molar-refractivity contribution in [3.63, 3.8) is 0 Å². The Bertz CT molecular complexity index is 1250. The van der Waals surface area contributed by atoms with Gasteiger partial charge in [-0.1, -0.05) is 49.2 Å². The highest BCUT2D eigenvalue weighted by atomic mass is 32.2. The second-order valence-corrected chi connectivity index (χ2v) is 19.5. The van der Waals surface area contributed by atoms with Crippen LogP contribution in [-0.2, 0) is 0 Å². The molecule has 0 saturated heterocycles. The van der Waals surface area contributed by atoms with Crippen molar-refractivity contribution in [3.05, 3.63) is 59.7 Å². The van der Waals surface area contributed by atoms with Gasteiger partial charge in [-0.05, 0) is 138 Å². The van der Waals surface area contributed by atoms with Gasteiger partial charge >= 0.3 is 0 Å². The summed E-state index contributed by atoms with van der Waals surface area (Å²) in [7, 11) is 0. The molecule has 0 aromatic heterocycles. The highest BCUT2D eigenvalue weighted by molar-refractivity contribution is 8.01. The molecule has 4 heteroatoms. The van der Waals surface area contributed by atoms with Gasteiger partial charge in [-0.25, -0.2) is 0 Å². The molecule has 0 unspecified atom stereocenters. The second kappa shape index (κ2) is 11.6. The van der Waals surface area contributed by atoms with Crippen LogP contribution in [0.2, 0.25) is 0 Å². The van der Waals surface area contributed by atoms with E-state index in [1.165, 1.54) is 111 Å². The van der Waals surface area contributed by atoms with Crippen LogP contribution in [0.15, 0.2) is 68.3 Å². The molecule has 2 nitrogen and oxygen atoms in total. The number of thioether (sulfide) groups is 2. The molecule has 2 aromatic rings. The van der Waals surface area contributed by atoms with Crippen LogP contribution in [0.3, 0.4) is 0 Å². The summed E-state index contributed by atoms with van der Waals surface area (Å²) in [5.74, 6) is 5.95. The lowest BCUT2D eigenvalue weighted by atomic mass is 9.56. The summed E-state index contributed by atoms with van der Waals surface area (Å²) >= 11 is 4.45. The van der Waals surface area contributed by atoms with Crippen molar-refractivity contribution in [2.75, 3.05) is 0 Å². The molecule has 44 heavy (non-hydrogen) atoms. The van der Waals surface area contributed by atoms with Crippen molar-refractivity contribution in [2.24, 2.45) is 45.5 Å². The van der Waals surface area contributed by atoms with Crippen molar-refractivity contribution >= 4 is 36.0 Å². The lowest BCUT2D eigenvalue weighted by Gasteiger charge is -2.56. The number of nitrogens with zero attached hydrogens (tertiary/aromatic N) is 2. The van der Waals surface area contributed by atoms with Crippen molar-refractivity contribution in [1.82, 2.24) is 0 Å². The summed E-state index contributed by atoms with van der Waals surface area (Å²) in [5, 5.41) is 0. The van der Waals surface area contributed by atoms with Crippen LogP contribution in [0, 0.1) is 35.5 Å². The third-order valence-corrected chi connectivity index (χ3v) is 16.0. The summed E-state index contributed by atoms with van der Waals surface area (Å²) in [6.45, 7) is 0. The lowest BCUT2D eigenvalue weighted by molar-refractivity contribution is 0.0382. The Balaban J connectivity index is 0.911. The van der Waals surface area contributed by atoms with Crippen LogP contribution in [-0.4, -0.2) is 34.0 Å². The number of aliphatic imine (C=N–C) groups is 2. The van der Waals surface area contributed by atoms with E-state index in [-0.39, 0.29) is 0 Å². The minimum Gasteiger partial charge on any atom is -0.287 e. The summed E-state index contributed by atoms with van der Waals surface area (Å²) in [4.78, 5) is 13.6. The molecule has 2 atom stereocenters. The molecule has 8 bridgehead atoms. The SMILES string of the molecule is C(=N[C@@H]1CCCC[C@H]1N=Cc1ccccc1SC12CC3CC(CC(C3)C1)C2)c1ccccc1SC12CC3CC(CC(C3)C1)C2. The van der Waals surface area contributed by atoms with E-state index in [4.69, 9.17) is 9.98 Å². The van der Waals surface area contributed by atoms with Crippen LogP contribution in [0.4, 0.5) is 0 Å². The highest BCUT2D eigenvalue weighted by Crippen LogP contribution is 2.63. The highest BCUT2D eigenvalue weighted by Gasteiger charge is 2.52. The number of hydrogen-bond donors (Lipinski definition) is 0. The van der Waals surface area contributed by atoms with E-state index in [1.54, 1.807) is 0 Å². The van der Waals surface area contributed by atoms with Crippen LogP contribution in [0.5, 0.6) is 0 Å². The van der Waals surface area contributed by atoms with E-state index in [0.29, 0.717) is 21.6 Å². The van der Waals surface area contributed by atoms with E-state index in [1.807, 2.05) is 0 Å². The van der Waals surface area contributed by atoms with Gasteiger partial charge in [0.2, 0.25) is 0 Å². The molecule has 0 spiro atoms. The van der Waals surface area contributed by atoms with Crippen molar-refractivity contribution in [2.45, 2.75) is 134 Å². The van der Waals surface area contributed by atoms with Gasteiger partial charge in [-0.2, -0.15) is 0 Å². The third kappa shape index (κ3) is 5.67. The van der Waals surface area contributed by atoms with Crippen molar-refractivity contribution in [3.8, 4) is 0 Å². The summed E-state index contributed by atoms with van der Waals surface area (Å²) in [6, 6.07) is 18.9. The molecule has 9 aliphatic carbocycles. The summed E-state index contributed by atoms with van der Waals surface area (Å²) in [6.07, 6.45) is 27.1. The predicted molar refractivity (Wildman–Crippen MR) is 188 cm³/mol. The van der Waals surface area contributed by atoms with Gasteiger partial charge in [0.15, 0.2) is 0 Å². The summed E-state index contributed by atoms with van der Waals surface area (Å²) < 4.78 is 0.968. The predicted octanol–water partition coefficient (Wildman–Crippen LogP) is 10.7. The first kappa shape index (κ1) is 28.7. The van der Waals surface area contributed by atoms with Crippen LogP contribution < -0.4 is 0 Å². The number of rotatable bonds is 8. The zero-order valence-electron chi connectivity index (χ0n) is 26.4. The molecular weight excluding hydrogens is 573 g/mol. The monoisotopic (exact) mass is 622 g/mol. The molecule has 9 fully saturated rings. The molecule has 9 aliphatic rings. The maximum absolute atomic E-state index is 5.31. The van der Waals surface area contributed by atoms with Crippen LogP contribution >= 0.6 is 23.5 Å². The fourth-order valence-electron chi connectivity index (χ4n) is 11.9. The molecule has 0 amide bonds. The Labute approximate surface area is 274 Å². The van der Waals surface area contributed by atoms with E-state index in [2.05, 4.69) is 84.5 Å². The molecule has 0 N–H and O–H groups in total. The van der Waals surface area contributed by atoms with Crippen molar-refractivity contribution in [1.29, 1.82) is 0 Å². The summed E-state index contributed by atoms with van der Waals surface area (Å²) in [5.41, 5.74) is 2.66. The molecule has 9 saturated carbocycles. The van der Waals surface area contributed by atoms with Gasteiger partial charge in [-0.15, -0.1) is 23.5 Å². The Morgan fingerprint density at radius 1 is 0.500 bits per heavy atom. The van der Waals surface area contributed by atoms with Gasteiger partial charge in [0.25, 0.3) is 0 Å². The van der Waals surface area contributed by atoms with Crippen molar-refractivity contribution < 1.29 is 0 Å². The zero-order chi connectivity index (χ0) is 29.1. The Kier molecular flexibility index (Phi) is 7.58. The van der Waals surface area contributed by atoms with E-state index in [0.717, 1.165) is 48.3 Å². The molecule has 0 radical (unpaired) electrons. The maximum Gasteiger partial charge on any atom is 0.0723 e. The quantitative estimate of drug-likeness (QED) is 0.274. The number of benzene rings is 2. The smallest absolute Gasteiger partial charge is 0.0723 e. The average Bonchev–Trinajstić information content (AvgIpc) is 2.99. The fraction of sp³-hybridized carbons (Fsp3) is 0.650.